The topological polar surface area (TPSA) is 126 Å². The molecular formula is C29H25N5O4S. The molecule has 4 aromatic carbocycles. The Hall–Kier alpha value is -4.64. The van der Waals surface area contributed by atoms with Gasteiger partial charge in [-0.3, -0.25) is 10.0 Å². The van der Waals surface area contributed by atoms with E-state index in [2.05, 4.69) is 27.2 Å². The van der Waals surface area contributed by atoms with E-state index in [1.807, 2.05) is 48.5 Å². The molecular weight excluding hydrogens is 514 g/mol. The van der Waals surface area contributed by atoms with Gasteiger partial charge in [0.2, 0.25) is 10.0 Å². The molecule has 0 aliphatic heterocycles. The monoisotopic (exact) mass is 539 g/mol. The molecule has 0 fully saturated rings. The predicted octanol–water partition coefficient (Wildman–Crippen LogP) is 4.00. The summed E-state index contributed by atoms with van der Waals surface area (Å²) in [6, 6.07) is 31.8. The normalized spacial score (nSPS) is 12.1. The number of hydrogen-bond acceptors (Lipinski definition) is 6. The Balaban J connectivity index is 1.30. The van der Waals surface area contributed by atoms with Crippen molar-refractivity contribution in [3.63, 3.8) is 0 Å². The summed E-state index contributed by atoms with van der Waals surface area (Å²) in [5.74, 6) is -0.856. The third-order valence-corrected chi connectivity index (χ3v) is 7.69. The van der Waals surface area contributed by atoms with E-state index in [1.165, 1.54) is 17.6 Å². The largest absolute Gasteiger partial charge is 0.289 e. The van der Waals surface area contributed by atoms with Crippen molar-refractivity contribution in [2.75, 3.05) is 0 Å². The van der Waals surface area contributed by atoms with Crippen LogP contribution in [0.25, 0.3) is 28.1 Å². The summed E-state index contributed by atoms with van der Waals surface area (Å²) in [6.45, 7) is 0. The molecule has 5 rings (SSSR count). The molecule has 1 heterocycles. The van der Waals surface area contributed by atoms with Crippen molar-refractivity contribution < 1.29 is 18.4 Å². The van der Waals surface area contributed by atoms with Crippen LogP contribution >= 0.6 is 0 Å². The summed E-state index contributed by atoms with van der Waals surface area (Å²) in [6.07, 6.45) is 1.83. The molecule has 10 heteroatoms. The third kappa shape index (κ3) is 6.10. The molecule has 0 aliphatic carbocycles. The summed E-state index contributed by atoms with van der Waals surface area (Å²) in [5, 5.41) is 17.6. The lowest BCUT2D eigenvalue weighted by Crippen LogP contribution is -2.47. The van der Waals surface area contributed by atoms with E-state index in [9.17, 15) is 13.2 Å². The Morgan fingerprint density at radius 1 is 0.795 bits per heavy atom. The molecule has 0 unspecified atom stereocenters. The highest BCUT2D eigenvalue weighted by Gasteiger charge is 2.26. The molecule has 0 aliphatic rings. The first-order valence-corrected chi connectivity index (χ1v) is 13.6. The molecule has 0 bridgehead atoms. The highest BCUT2D eigenvalue weighted by molar-refractivity contribution is 7.89. The van der Waals surface area contributed by atoms with Crippen molar-refractivity contribution >= 4 is 15.9 Å². The number of hydroxylamine groups is 1. The lowest BCUT2D eigenvalue weighted by molar-refractivity contribution is -0.130. The molecule has 3 N–H and O–H groups in total. The second kappa shape index (κ2) is 11.4. The van der Waals surface area contributed by atoms with Crippen LogP contribution in [0.15, 0.2) is 120 Å². The molecule has 1 atom stereocenters. The minimum Gasteiger partial charge on any atom is -0.289 e. The van der Waals surface area contributed by atoms with Crippen molar-refractivity contribution in [3.8, 4) is 28.1 Å². The van der Waals surface area contributed by atoms with Gasteiger partial charge in [-0.05, 0) is 47.4 Å². The van der Waals surface area contributed by atoms with Crippen LogP contribution in [-0.2, 0) is 21.2 Å². The van der Waals surface area contributed by atoms with E-state index in [0.717, 1.165) is 22.3 Å². The van der Waals surface area contributed by atoms with Crippen LogP contribution in [0, 0.1) is 0 Å². The zero-order valence-corrected chi connectivity index (χ0v) is 21.5. The van der Waals surface area contributed by atoms with Crippen LogP contribution in [0.5, 0.6) is 0 Å². The molecule has 196 valence electrons. The summed E-state index contributed by atoms with van der Waals surface area (Å²) in [7, 11) is -4.07. The van der Waals surface area contributed by atoms with Gasteiger partial charge in [-0.2, -0.15) is 4.72 Å². The fraction of sp³-hybridized carbons (Fsp3) is 0.0690. The molecule has 0 spiro atoms. The number of hydrogen-bond donors (Lipinski definition) is 3. The van der Waals surface area contributed by atoms with Crippen LogP contribution in [0.2, 0.25) is 0 Å². The molecule has 0 saturated heterocycles. The summed E-state index contributed by atoms with van der Waals surface area (Å²) < 4.78 is 30.0. The summed E-state index contributed by atoms with van der Waals surface area (Å²) >= 11 is 0. The zero-order valence-electron chi connectivity index (χ0n) is 20.7. The van der Waals surface area contributed by atoms with E-state index in [0.29, 0.717) is 11.4 Å². The second-order valence-electron chi connectivity index (χ2n) is 8.83. The van der Waals surface area contributed by atoms with Gasteiger partial charge >= 0.3 is 0 Å². The van der Waals surface area contributed by atoms with Gasteiger partial charge in [0, 0.05) is 5.56 Å². The Kier molecular flexibility index (Phi) is 7.60. The van der Waals surface area contributed by atoms with Gasteiger partial charge < -0.3 is 0 Å². The van der Waals surface area contributed by atoms with Gasteiger partial charge in [-0.25, -0.2) is 18.6 Å². The number of amides is 1. The fourth-order valence-corrected chi connectivity index (χ4v) is 5.33. The lowest BCUT2D eigenvalue weighted by atomic mass is 10.0. The number of rotatable bonds is 9. The van der Waals surface area contributed by atoms with E-state index in [1.54, 1.807) is 47.3 Å². The van der Waals surface area contributed by atoms with Gasteiger partial charge in [0.05, 0.1) is 16.8 Å². The standard InChI is InChI=1S/C29H25N5O4S/c35-29(31-36)27(19-21-7-3-1-4-8-21)32-39(37,38)26-17-15-25(16-18-26)34-20-28(30-33-34)24-13-11-23(12-14-24)22-9-5-2-6-10-22/h1-18,20,27,32,36H,19H2,(H,31,35)/t27-/m0/s1. The highest BCUT2D eigenvalue weighted by atomic mass is 32.2. The number of sulfonamides is 1. The maximum atomic E-state index is 13.0. The minimum absolute atomic E-state index is 0.0353. The molecule has 9 nitrogen and oxygen atoms in total. The average molecular weight is 540 g/mol. The Morgan fingerprint density at radius 3 is 2.03 bits per heavy atom. The maximum absolute atomic E-state index is 13.0. The number of carbonyl (C=O) groups is 1. The van der Waals surface area contributed by atoms with Crippen LogP contribution < -0.4 is 10.2 Å². The summed E-state index contributed by atoms with van der Waals surface area (Å²) in [5.41, 5.74) is 6.68. The fourth-order valence-electron chi connectivity index (χ4n) is 4.14. The first-order chi connectivity index (χ1) is 18.9. The number of nitrogens with zero attached hydrogens (tertiary/aromatic N) is 3. The van der Waals surface area contributed by atoms with Gasteiger partial charge in [0.1, 0.15) is 11.7 Å². The van der Waals surface area contributed by atoms with Crippen molar-refractivity contribution in [2.24, 2.45) is 0 Å². The second-order valence-corrected chi connectivity index (χ2v) is 10.5. The number of carbonyl (C=O) groups excluding carboxylic acids is 1. The van der Waals surface area contributed by atoms with Crippen LogP contribution in [0.4, 0.5) is 0 Å². The first kappa shape index (κ1) is 26.0. The van der Waals surface area contributed by atoms with E-state index in [4.69, 9.17) is 5.21 Å². The Labute approximate surface area is 225 Å². The van der Waals surface area contributed by atoms with Crippen LogP contribution in [0.1, 0.15) is 5.56 Å². The molecule has 5 aromatic rings. The molecule has 0 radical (unpaired) electrons. The number of benzene rings is 4. The highest BCUT2D eigenvalue weighted by Crippen LogP contribution is 2.24. The Morgan fingerprint density at radius 2 is 1.38 bits per heavy atom. The van der Waals surface area contributed by atoms with E-state index >= 15 is 0 Å². The van der Waals surface area contributed by atoms with Crippen molar-refractivity contribution in [1.29, 1.82) is 0 Å². The first-order valence-electron chi connectivity index (χ1n) is 12.1. The number of nitrogens with one attached hydrogen (secondary N) is 2. The quantitative estimate of drug-likeness (QED) is 0.192. The molecule has 0 saturated carbocycles. The van der Waals surface area contributed by atoms with Crippen molar-refractivity contribution in [2.45, 2.75) is 17.4 Å². The molecule has 39 heavy (non-hydrogen) atoms. The minimum atomic E-state index is -4.07. The lowest BCUT2D eigenvalue weighted by Gasteiger charge is -2.17. The van der Waals surface area contributed by atoms with Gasteiger partial charge in [-0.1, -0.05) is 90.1 Å². The van der Waals surface area contributed by atoms with E-state index in [-0.39, 0.29) is 11.3 Å². The van der Waals surface area contributed by atoms with Gasteiger partial charge in [-0.15, -0.1) is 5.10 Å². The maximum Gasteiger partial charge on any atom is 0.261 e. The average Bonchev–Trinajstić information content (AvgIpc) is 3.48. The molecule has 1 amide bonds. The van der Waals surface area contributed by atoms with Crippen molar-refractivity contribution in [3.05, 3.63) is 121 Å². The van der Waals surface area contributed by atoms with Crippen LogP contribution in [-0.4, -0.2) is 40.6 Å². The van der Waals surface area contributed by atoms with E-state index < -0.39 is 22.0 Å². The Bertz CT molecular complexity index is 1650. The predicted molar refractivity (Wildman–Crippen MR) is 146 cm³/mol. The number of aromatic nitrogens is 3. The van der Waals surface area contributed by atoms with Crippen LogP contribution in [0.3, 0.4) is 0 Å². The van der Waals surface area contributed by atoms with Gasteiger partial charge in [0.15, 0.2) is 0 Å². The van der Waals surface area contributed by atoms with Crippen molar-refractivity contribution in [1.82, 2.24) is 25.2 Å². The zero-order chi connectivity index (χ0) is 27.2. The summed E-state index contributed by atoms with van der Waals surface area (Å²) in [4.78, 5) is 12.1. The third-order valence-electron chi connectivity index (χ3n) is 6.20. The van der Waals surface area contributed by atoms with Gasteiger partial charge in [0.25, 0.3) is 5.91 Å². The smallest absolute Gasteiger partial charge is 0.261 e. The molecule has 1 aromatic heterocycles. The SMILES string of the molecule is O=C(NO)[C@H](Cc1ccccc1)NS(=O)(=O)c1ccc(-n2cc(-c3ccc(-c4ccccc4)cc3)nn2)cc1.